The maximum absolute atomic E-state index is 9.51. The Morgan fingerprint density at radius 1 is 0.441 bits per heavy atom. The molecule has 0 aliphatic rings. The van der Waals surface area contributed by atoms with Crippen LogP contribution in [0, 0.1) is 0 Å². The summed E-state index contributed by atoms with van der Waals surface area (Å²) in [6.07, 6.45) is 30.4. The first-order valence-electron chi connectivity index (χ1n) is 14.8. The summed E-state index contributed by atoms with van der Waals surface area (Å²) in [6.45, 7) is 4.22. The van der Waals surface area contributed by atoms with Crippen LogP contribution >= 0.6 is 0 Å². The zero-order valence-electron chi connectivity index (χ0n) is 22.8. The fourth-order valence-corrected chi connectivity index (χ4v) is 4.56. The molecule has 0 unspecified atom stereocenters. The Morgan fingerprint density at radius 3 is 1.00 bits per heavy atom. The van der Waals surface area contributed by atoms with Gasteiger partial charge in [-0.15, -0.1) is 0 Å². The van der Waals surface area contributed by atoms with Crippen LogP contribution in [-0.4, -0.2) is 21.9 Å². The molecular weight excluding hydrogens is 420 g/mol. The molecule has 0 aliphatic heterocycles. The van der Waals surface area contributed by atoms with E-state index in [1.54, 1.807) is 19.1 Å². The minimum absolute atomic E-state index is 0.165. The summed E-state index contributed by atoms with van der Waals surface area (Å²) in [4.78, 5) is 0. The van der Waals surface area contributed by atoms with Crippen LogP contribution in [0.3, 0.4) is 0 Å². The van der Waals surface area contributed by atoms with Crippen LogP contribution in [0.4, 0.5) is 0 Å². The first-order chi connectivity index (χ1) is 16.6. The molecule has 0 radical (unpaired) electrons. The van der Waals surface area contributed by atoms with Crippen molar-refractivity contribution in [1.82, 2.24) is 0 Å². The zero-order valence-corrected chi connectivity index (χ0v) is 22.8. The van der Waals surface area contributed by atoms with E-state index in [0.29, 0.717) is 0 Å². The maximum Gasteiger partial charge on any atom is 0.119 e. The number of phenols is 2. The quantitative estimate of drug-likeness (QED) is 0.145. The molecule has 0 atom stereocenters. The SMILES string of the molecule is CCCCCCCCCCCCCCCCCCCCCCCc1cc(O)cc(O)c1.CCO. The van der Waals surface area contributed by atoms with Gasteiger partial charge in [-0.25, -0.2) is 0 Å². The molecule has 1 aromatic carbocycles. The van der Waals surface area contributed by atoms with E-state index in [2.05, 4.69) is 6.92 Å². The van der Waals surface area contributed by atoms with Gasteiger partial charge in [0.15, 0.2) is 0 Å². The zero-order chi connectivity index (χ0) is 25.1. The Kier molecular flexibility index (Phi) is 25.4. The minimum atomic E-state index is 0.165. The number of rotatable bonds is 22. The highest BCUT2D eigenvalue weighted by molar-refractivity contribution is 5.36. The maximum atomic E-state index is 9.51. The van der Waals surface area contributed by atoms with Crippen molar-refractivity contribution in [2.24, 2.45) is 0 Å². The van der Waals surface area contributed by atoms with E-state index in [1.165, 1.54) is 134 Å². The molecule has 0 fully saturated rings. The topological polar surface area (TPSA) is 60.7 Å². The van der Waals surface area contributed by atoms with Crippen LogP contribution in [0.25, 0.3) is 0 Å². The van der Waals surface area contributed by atoms with Crippen LogP contribution in [0.1, 0.15) is 154 Å². The van der Waals surface area contributed by atoms with Crippen molar-refractivity contribution >= 4 is 0 Å². The van der Waals surface area contributed by atoms with Crippen molar-refractivity contribution in [1.29, 1.82) is 0 Å². The van der Waals surface area contributed by atoms with E-state index in [9.17, 15) is 10.2 Å². The minimum Gasteiger partial charge on any atom is -0.508 e. The normalized spacial score (nSPS) is 10.8. The monoisotopic (exact) mass is 478 g/mol. The molecule has 0 saturated heterocycles. The average molecular weight is 479 g/mol. The highest BCUT2D eigenvalue weighted by atomic mass is 16.3. The number of aliphatic hydroxyl groups is 1. The second-order valence-corrected chi connectivity index (χ2v) is 9.99. The molecule has 3 heteroatoms. The number of hydrogen-bond donors (Lipinski definition) is 3. The van der Waals surface area contributed by atoms with Gasteiger partial charge in [0.05, 0.1) is 0 Å². The Bertz CT molecular complexity index is 509. The lowest BCUT2D eigenvalue weighted by Gasteiger charge is -2.05. The third-order valence-electron chi connectivity index (χ3n) is 6.53. The van der Waals surface area contributed by atoms with Crippen LogP contribution in [0.2, 0.25) is 0 Å². The molecule has 3 N–H and O–H groups in total. The van der Waals surface area contributed by atoms with E-state index in [4.69, 9.17) is 5.11 Å². The van der Waals surface area contributed by atoms with Crippen LogP contribution < -0.4 is 0 Å². The number of phenolic OH excluding ortho intramolecular Hbond substituents is 2. The summed E-state index contributed by atoms with van der Waals surface area (Å²) in [7, 11) is 0. The molecule has 0 aromatic heterocycles. The van der Waals surface area contributed by atoms with Crippen molar-refractivity contribution in [2.45, 2.75) is 155 Å². The van der Waals surface area contributed by atoms with Gasteiger partial charge in [-0.2, -0.15) is 0 Å². The molecule has 34 heavy (non-hydrogen) atoms. The summed E-state index contributed by atoms with van der Waals surface area (Å²) < 4.78 is 0. The predicted molar refractivity (Wildman–Crippen MR) is 149 cm³/mol. The number of aliphatic hydroxyl groups excluding tert-OH is 1. The van der Waals surface area contributed by atoms with Crippen molar-refractivity contribution in [3.63, 3.8) is 0 Å². The summed E-state index contributed by atoms with van der Waals surface area (Å²) >= 11 is 0. The number of aromatic hydroxyl groups is 2. The van der Waals surface area contributed by atoms with Crippen molar-refractivity contribution < 1.29 is 15.3 Å². The van der Waals surface area contributed by atoms with E-state index < -0.39 is 0 Å². The molecule has 200 valence electrons. The van der Waals surface area contributed by atoms with Gasteiger partial charge in [-0.1, -0.05) is 135 Å². The van der Waals surface area contributed by atoms with Gasteiger partial charge in [-0.05, 0) is 37.5 Å². The molecule has 1 aromatic rings. The van der Waals surface area contributed by atoms with E-state index >= 15 is 0 Å². The summed E-state index contributed by atoms with van der Waals surface area (Å²) in [6, 6.07) is 4.91. The fraction of sp³-hybridized carbons (Fsp3) is 0.806. The fourth-order valence-electron chi connectivity index (χ4n) is 4.56. The molecule has 0 spiro atoms. The van der Waals surface area contributed by atoms with Gasteiger partial charge in [0.25, 0.3) is 0 Å². The van der Waals surface area contributed by atoms with Gasteiger partial charge >= 0.3 is 0 Å². The van der Waals surface area contributed by atoms with Gasteiger partial charge in [0, 0.05) is 12.7 Å². The first kappa shape index (κ1) is 32.8. The van der Waals surface area contributed by atoms with Gasteiger partial charge < -0.3 is 15.3 Å². The summed E-state index contributed by atoms with van der Waals surface area (Å²) in [5.74, 6) is 0.331. The number of unbranched alkanes of at least 4 members (excludes halogenated alkanes) is 20. The van der Waals surface area contributed by atoms with Gasteiger partial charge in [-0.3, -0.25) is 0 Å². The van der Waals surface area contributed by atoms with E-state index in [0.717, 1.165) is 18.4 Å². The number of hydrogen-bond acceptors (Lipinski definition) is 3. The van der Waals surface area contributed by atoms with Crippen LogP contribution in [-0.2, 0) is 6.42 Å². The lowest BCUT2D eigenvalue weighted by Crippen LogP contribution is -1.87. The highest BCUT2D eigenvalue weighted by Gasteiger charge is 2.00. The standard InChI is InChI=1S/C29H52O2.C2H6O/c1-2-3-4-5-6-7-8-9-10-11-12-13-14-15-16-17-18-19-20-21-22-23-27-24-28(30)26-29(31)25-27;1-2-3/h24-26,30-31H,2-23H2,1H3;3H,2H2,1H3. The second kappa shape index (κ2) is 26.4. The molecule has 3 nitrogen and oxygen atoms in total. The molecule has 0 heterocycles. The van der Waals surface area contributed by atoms with E-state index in [1.807, 2.05) is 0 Å². The van der Waals surface area contributed by atoms with Crippen molar-refractivity contribution in [3.05, 3.63) is 23.8 Å². The lowest BCUT2D eigenvalue weighted by atomic mass is 10.0. The first-order valence-corrected chi connectivity index (χ1v) is 14.8. The van der Waals surface area contributed by atoms with Crippen LogP contribution in [0.15, 0.2) is 18.2 Å². The molecule has 0 amide bonds. The molecule has 0 saturated carbocycles. The Hall–Kier alpha value is -1.22. The Labute approximate surface area is 212 Å². The van der Waals surface area contributed by atoms with Crippen LogP contribution in [0.5, 0.6) is 11.5 Å². The predicted octanol–water partition coefficient (Wildman–Crippen LogP) is 9.85. The van der Waals surface area contributed by atoms with E-state index in [-0.39, 0.29) is 18.1 Å². The lowest BCUT2D eigenvalue weighted by molar-refractivity contribution is 0.318. The third kappa shape index (κ3) is 23.9. The molecular formula is C31H58O3. The molecule has 1 rings (SSSR count). The van der Waals surface area contributed by atoms with Crippen molar-refractivity contribution in [2.75, 3.05) is 6.61 Å². The Balaban J connectivity index is 0.00000343. The summed E-state index contributed by atoms with van der Waals surface area (Å²) in [5, 5.41) is 26.6. The molecule has 0 aliphatic carbocycles. The average Bonchev–Trinajstić information content (AvgIpc) is 2.80. The van der Waals surface area contributed by atoms with Gasteiger partial charge in [0.1, 0.15) is 11.5 Å². The number of benzene rings is 1. The Morgan fingerprint density at radius 2 is 0.706 bits per heavy atom. The second-order valence-electron chi connectivity index (χ2n) is 9.99. The largest absolute Gasteiger partial charge is 0.508 e. The molecule has 0 bridgehead atoms. The van der Waals surface area contributed by atoms with Crippen molar-refractivity contribution in [3.8, 4) is 11.5 Å². The smallest absolute Gasteiger partial charge is 0.119 e. The van der Waals surface area contributed by atoms with Gasteiger partial charge in [0.2, 0.25) is 0 Å². The number of aryl methyl sites for hydroxylation is 1. The third-order valence-corrected chi connectivity index (χ3v) is 6.53. The highest BCUT2D eigenvalue weighted by Crippen LogP contribution is 2.22. The summed E-state index contributed by atoms with van der Waals surface area (Å²) in [5.41, 5.74) is 1.04.